The first-order valence-corrected chi connectivity index (χ1v) is 12.1. The van der Waals surface area contributed by atoms with E-state index < -0.39 is 23.3 Å². The van der Waals surface area contributed by atoms with Crippen LogP contribution in [0.1, 0.15) is 53.9 Å². The number of benzene rings is 1. The molecule has 178 valence electrons. The smallest absolute Gasteiger partial charge is 0.186 e. The summed E-state index contributed by atoms with van der Waals surface area (Å²) in [6, 6.07) is 4.94. The first-order valence-electron chi connectivity index (χ1n) is 11.2. The third kappa shape index (κ3) is 4.29. The van der Waals surface area contributed by atoms with Gasteiger partial charge in [0, 0.05) is 30.2 Å². The summed E-state index contributed by atoms with van der Waals surface area (Å²) in [5.41, 5.74) is 6.60. The van der Waals surface area contributed by atoms with Gasteiger partial charge < -0.3 is 15.6 Å². The molecule has 1 aliphatic carbocycles. The molecule has 2 aliphatic rings. The van der Waals surface area contributed by atoms with Crippen LogP contribution in [0.25, 0.3) is 10.6 Å². The van der Waals surface area contributed by atoms with E-state index in [0.717, 1.165) is 41.9 Å². The number of thiazole rings is 1. The molecule has 1 aromatic carbocycles. The van der Waals surface area contributed by atoms with Gasteiger partial charge in [0.05, 0.1) is 17.8 Å². The number of hydrogen-bond donors (Lipinski definition) is 2. The molecule has 3 N–H and O–H groups in total. The molecule has 2 fully saturated rings. The molecule has 1 saturated carbocycles. The predicted octanol–water partition coefficient (Wildman–Crippen LogP) is 4.23. The van der Waals surface area contributed by atoms with Crippen LogP contribution in [-0.2, 0) is 11.2 Å². The molecule has 6 nitrogen and oxygen atoms in total. The summed E-state index contributed by atoms with van der Waals surface area (Å²) >= 11 is 1.02. The van der Waals surface area contributed by atoms with E-state index in [-0.39, 0.29) is 46.6 Å². The van der Waals surface area contributed by atoms with E-state index in [1.165, 1.54) is 11.4 Å². The van der Waals surface area contributed by atoms with E-state index in [1.54, 1.807) is 19.3 Å². The van der Waals surface area contributed by atoms with Crippen LogP contribution in [0.3, 0.4) is 0 Å². The number of aliphatic hydroxyl groups is 1. The van der Waals surface area contributed by atoms with Crippen LogP contribution in [0.15, 0.2) is 42.0 Å². The second kappa shape index (κ2) is 8.88. The molecule has 4 atom stereocenters. The maximum Gasteiger partial charge on any atom is 0.186 e. The van der Waals surface area contributed by atoms with E-state index in [0.29, 0.717) is 12.0 Å². The predicted molar refractivity (Wildman–Crippen MR) is 123 cm³/mol. The van der Waals surface area contributed by atoms with Crippen LogP contribution in [0.2, 0.25) is 0 Å². The Morgan fingerprint density at radius 1 is 1.29 bits per heavy atom. The number of ether oxygens (including phenoxy) is 1. The van der Waals surface area contributed by atoms with Crippen molar-refractivity contribution in [3.8, 4) is 10.6 Å². The number of carbonyl (C=O) groups is 1. The molecule has 9 heteroatoms. The molecule has 0 spiro atoms. The largest absolute Gasteiger partial charge is 0.386 e. The molecule has 34 heavy (non-hydrogen) atoms. The maximum atomic E-state index is 14.1. The molecular weight excluding hydrogens is 460 g/mol. The van der Waals surface area contributed by atoms with Crippen molar-refractivity contribution in [2.45, 2.75) is 56.5 Å². The first-order chi connectivity index (χ1) is 16.3. The summed E-state index contributed by atoms with van der Waals surface area (Å²) < 4.78 is 34.6. The number of rotatable bonds is 6. The quantitative estimate of drug-likeness (QED) is 0.507. The molecule has 5 rings (SSSR count). The van der Waals surface area contributed by atoms with Crippen LogP contribution in [-0.4, -0.2) is 38.6 Å². The molecule has 2 aromatic heterocycles. The summed E-state index contributed by atoms with van der Waals surface area (Å²) in [6.45, 7) is 1.73. The Morgan fingerprint density at radius 2 is 2.03 bits per heavy atom. The highest BCUT2D eigenvalue weighted by Crippen LogP contribution is 2.47. The van der Waals surface area contributed by atoms with Gasteiger partial charge >= 0.3 is 0 Å². The Morgan fingerprint density at radius 3 is 2.74 bits per heavy atom. The summed E-state index contributed by atoms with van der Waals surface area (Å²) in [7, 11) is 0. The van der Waals surface area contributed by atoms with Gasteiger partial charge in [0.2, 0.25) is 0 Å². The number of aromatic nitrogens is 2. The van der Waals surface area contributed by atoms with E-state index in [4.69, 9.17) is 10.5 Å². The molecule has 0 unspecified atom stereocenters. The van der Waals surface area contributed by atoms with Crippen LogP contribution >= 0.6 is 11.3 Å². The molecule has 1 aliphatic heterocycles. The average molecular weight is 486 g/mol. The Kier molecular flexibility index (Phi) is 6.05. The zero-order valence-corrected chi connectivity index (χ0v) is 19.4. The highest BCUT2D eigenvalue weighted by molar-refractivity contribution is 7.13. The number of pyridine rings is 1. The number of nitrogens with two attached hydrogens (primary N) is 1. The van der Waals surface area contributed by atoms with Crippen molar-refractivity contribution in [3.63, 3.8) is 0 Å². The van der Waals surface area contributed by atoms with Crippen molar-refractivity contribution in [2.24, 2.45) is 11.7 Å². The topological polar surface area (TPSA) is 98.3 Å². The highest BCUT2D eigenvalue weighted by Gasteiger charge is 2.52. The Hall–Kier alpha value is -2.59. The van der Waals surface area contributed by atoms with Gasteiger partial charge in [0.15, 0.2) is 5.78 Å². The Balaban J connectivity index is 1.38. The van der Waals surface area contributed by atoms with Gasteiger partial charge in [-0.1, -0.05) is 6.07 Å². The molecule has 1 saturated heterocycles. The normalized spacial score (nSPS) is 27.0. The van der Waals surface area contributed by atoms with Gasteiger partial charge in [-0.3, -0.25) is 9.78 Å². The van der Waals surface area contributed by atoms with E-state index in [9.17, 15) is 18.7 Å². The minimum absolute atomic E-state index is 0.00564. The Bertz CT molecular complexity index is 1210. The summed E-state index contributed by atoms with van der Waals surface area (Å²) in [4.78, 5) is 21.4. The lowest BCUT2D eigenvalue weighted by Crippen LogP contribution is -2.60. The maximum absolute atomic E-state index is 14.1. The van der Waals surface area contributed by atoms with Gasteiger partial charge in [-0.2, -0.15) is 0 Å². The number of hydrogen-bond acceptors (Lipinski definition) is 7. The SMILES string of the molecule is C[C@]1(O)[C@H](N)C[C@H](c2ccncc2CC(=O)c2csc(-c3c(F)cccc3F)n2)O[C@@H]1C1CC1. The standard InChI is InChI=1S/C25H25F2N3O3S/c1-25(32)21(28)10-20(33-23(25)13-5-6-13)15-7-8-29-11-14(15)9-19(31)18-12-34-24(30-18)22-16(26)3-2-4-17(22)27/h2-4,7-8,11-13,20-21,23,32H,5-6,9-10,28H2,1H3/t20-,21-,23-,25+/m1/s1. The zero-order valence-electron chi connectivity index (χ0n) is 18.6. The number of halogens is 2. The zero-order chi connectivity index (χ0) is 24.0. The minimum atomic E-state index is -1.11. The van der Waals surface area contributed by atoms with Crippen molar-refractivity contribution in [1.29, 1.82) is 0 Å². The molecule has 0 amide bonds. The van der Waals surface area contributed by atoms with Gasteiger partial charge in [-0.05, 0) is 61.4 Å². The van der Waals surface area contributed by atoms with Crippen LogP contribution < -0.4 is 5.73 Å². The lowest BCUT2D eigenvalue weighted by molar-refractivity contribution is -0.187. The fraction of sp³-hybridized carbons (Fsp3) is 0.400. The fourth-order valence-electron chi connectivity index (χ4n) is 4.62. The molecule has 0 radical (unpaired) electrons. The number of nitrogens with zero attached hydrogens (tertiary/aromatic N) is 2. The van der Waals surface area contributed by atoms with Crippen molar-refractivity contribution in [2.75, 3.05) is 0 Å². The van der Waals surface area contributed by atoms with E-state index in [1.807, 2.05) is 6.07 Å². The van der Waals surface area contributed by atoms with Gasteiger partial charge in [-0.25, -0.2) is 13.8 Å². The number of ketones is 1. The van der Waals surface area contributed by atoms with Crippen LogP contribution in [0.4, 0.5) is 8.78 Å². The lowest BCUT2D eigenvalue weighted by atomic mass is 9.80. The van der Waals surface area contributed by atoms with Crippen LogP contribution in [0.5, 0.6) is 0 Å². The second-order valence-electron chi connectivity index (χ2n) is 9.26. The van der Waals surface area contributed by atoms with Crippen molar-refractivity contribution in [1.82, 2.24) is 9.97 Å². The third-order valence-corrected chi connectivity index (χ3v) is 7.62. The summed E-state index contributed by atoms with van der Waals surface area (Å²) in [6.07, 6.45) is 4.93. The first kappa shape index (κ1) is 23.2. The summed E-state index contributed by atoms with van der Waals surface area (Å²) in [5, 5.41) is 12.5. The van der Waals surface area contributed by atoms with Crippen molar-refractivity contribution in [3.05, 3.63) is 70.5 Å². The molecule has 3 heterocycles. The molecular formula is C25H25F2N3O3S. The fourth-order valence-corrected chi connectivity index (χ4v) is 5.49. The molecule has 3 aromatic rings. The number of carbonyl (C=O) groups excluding carboxylic acids is 1. The minimum Gasteiger partial charge on any atom is -0.386 e. The van der Waals surface area contributed by atoms with Gasteiger partial charge in [-0.15, -0.1) is 11.3 Å². The van der Waals surface area contributed by atoms with Gasteiger partial charge in [0.1, 0.15) is 27.9 Å². The Labute approximate surface area is 199 Å². The monoisotopic (exact) mass is 485 g/mol. The lowest BCUT2D eigenvalue weighted by Gasteiger charge is -2.45. The highest BCUT2D eigenvalue weighted by atomic mass is 32.1. The third-order valence-electron chi connectivity index (χ3n) is 6.76. The number of Topliss-reactive ketones (excluding diaryl/α,β-unsaturated/α-hetero) is 1. The summed E-state index contributed by atoms with van der Waals surface area (Å²) in [5.74, 6) is -1.47. The van der Waals surface area contributed by atoms with Crippen molar-refractivity contribution < 1.29 is 23.4 Å². The van der Waals surface area contributed by atoms with E-state index in [2.05, 4.69) is 9.97 Å². The second-order valence-corrected chi connectivity index (χ2v) is 10.1. The van der Waals surface area contributed by atoms with E-state index >= 15 is 0 Å². The molecule has 0 bridgehead atoms. The van der Waals surface area contributed by atoms with Gasteiger partial charge in [0.25, 0.3) is 0 Å². The van der Waals surface area contributed by atoms with Crippen molar-refractivity contribution >= 4 is 17.1 Å². The van der Waals surface area contributed by atoms with Crippen LogP contribution in [0, 0.1) is 17.6 Å². The average Bonchev–Trinajstić information content (AvgIpc) is 3.52.